The fourth-order valence-corrected chi connectivity index (χ4v) is 3.61. The third-order valence-corrected chi connectivity index (χ3v) is 4.85. The highest BCUT2D eigenvalue weighted by Crippen LogP contribution is 2.36. The lowest BCUT2D eigenvalue weighted by Crippen LogP contribution is -2.56. The number of ether oxygens (including phenoxy) is 1. The Balaban J connectivity index is 2.19. The van der Waals surface area contributed by atoms with E-state index < -0.39 is 0 Å². The summed E-state index contributed by atoms with van der Waals surface area (Å²) in [5.41, 5.74) is -0.356. The molecule has 2 atom stereocenters. The van der Waals surface area contributed by atoms with Crippen LogP contribution in [0.1, 0.15) is 45.4 Å². The lowest BCUT2D eigenvalue weighted by molar-refractivity contribution is -0.156. The molecule has 1 aliphatic carbocycles. The Morgan fingerprint density at radius 2 is 2.05 bits per heavy atom. The Kier molecular flexibility index (Phi) is 5.22. The second kappa shape index (κ2) is 6.71. The first-order chi connectivity index (χ1) is 9.19. The fraction of sp³-hybridized carbons (Fsp3) is 0.933. The van der Waals surface area contributed by atoms with Crippen LogP contribution in [0.4, 0.5) is 0 Å². The van der Waals surface area contributed by atoms with E-state index in [-0.39, 0.29) is 11.5 Å². The zero-order valence-electron chi connectivity index (χ0n) is 12.4. The third-order valence-electron chi connectivity index (χ3n) is 4.85. The quantitative estimate of drug-likeness (QED) is 0.612. The van der Waals surface area contributed by atoms with Gasteiger partial charge in [0.1, 0.15) is 5.54 Å². The van der Waals surface area contributed by atoms with Gasteiger partial charge in [0.2, 0.25) is 0 Å². The van der Waals surface area contributed by atoms with E-state index in [1.165, 1.54) is 13.5 Å². The van der Waals surface area contributed by atoms with Crippen molar-refractivity contribution in [3.8, 4) is 0 Å². The minimum atomic E-state index is -0.356. The van der Waals surface area contributed by atoms with Gasteiger partial charge >= 0.3 is 5.97 Å². The van der Waals surface area contributed by atoms with Crippen LogP contribution in [0.5, 0.6) is 0 Å². The molecule has 2 aliphatic rings. The lowest BCUT2D eigenvalue weighted by Gasteiger charge is -2.40. The monoisotopic (exact) mass is 268 g/mol. The van der Waals surface area contributed by atoms with Crippen LogP contribution in [0.25, 0.3) is 0 Å². The van der Waals surface area contributed by atoms with Crippen molar-refractivity contribution in [1.29, 1.82) is 0 Å². The van der Waals surface area contributed by atoms with E-state index in [9.17, 15) is 4.79 Å². The highest BCUT2D eigenvalue weighted by atomic mass is 16.5. The Hall–Kier alpha value is -0.610. The van der Waals surface area contributed by atoms with Gasteiger partial charge in [0.15, 0.2) is 0 Å². The number of esters is 1. The number of carbonyl (C=O) groups excluding carboxylic acids is 1. The molecule has 1 heterocycles. The molecule has 0 aromatic carbocycles. The molecule has 0 bridgehead atoms. The number of nitrogens with zero attached hydrogens (tertiary/aromatic N) is 1. The molecule has 0 radical (unpaired) electrons. The predicted molar refractivity (Wildman–Crippen MR) is 76.1 cm³/mol. The molecule has 4 nitrogen and oxygen atoms in total. The first-order valence-electron chi connectivity index (χ1n) is 7.73. The van der Waals surface area contributed by atoms with Crippen molar-refractivity contribution >= 4 is 5.97 Å². The number of hydrogen-bond donors (Lipinski definition) is 1. The van der Waals surface area contributed by atoms with E-state index in [0.717, 1.165) is 64.2 Å². The molecule has 19 heavy (non-hydrogen) atoms. The fourth-order valence-electron chi connectivity index (χ4n) is 3.61. The Morgan fingerprint density at radius 3 is 2.84 bits per heavy atom. The summed E-state index contributed by atoms with van der Waals surface area (Å²) >= 11 is 0. The Bertz CT molecular complexity index is 301. The van der Waals surface area contributed by atoms with Crippen molar-refractivity contribution in [2.75, 3.05) is 33.3 Å². The van der Waals surface area contributed by atoms with E-state index in [2.05, 4.69) is 17.1 Å². The molecular weight excluding hydrogens is 240 g/mol. The zero-order chi connectivity index (χ0) is 13.7. The molecule has 2 fully saturated rings. The van der Waals surface area contributed by atoms with Gasteiger partial charge < -0.3 is 10.1 Å². The van der Waals surface area contributed by atoms with Gasteiger partial charge in [-0.15, -0.1) is 0 Å². The summed E-state index contributed by atoms with van der Waals surface area (Å²) < 4.78 is 5.18. The van der Waals surface area contributed by atoms with Crippen LogP contribution in [0.2, 0.25) is 0 Å². The average molecular weight is 268 g/mol. The topological polar surface area (TPSA) is 41.6 Å². The lowest BCUT2D eigenvalue weighted by atomic mass is 9.87. The number of carbonyl (C=O) groups is 1. The van der Waals surface area contributed by atoms with Crippen LogP contribution in [-0.4, -0.2) is 49.7 Å². The number of methoxy groups -OCH3 is 1. The summed E-state index contributed by atoms with van der Waals surface area (Å²) in [5.74, 6) is 0.722. The SMILES string of the molecule is COC(=O)C1(N2CCCNCC2)CCCC(C)CC1. The van der Waals surface area contributed by atoms with Crippen molar-refractivity contribution in [2.24, 2.45) is 5.92 Å². The van der Waals surface area contributed by atoms with Crippen LogP contribution in [0.15, 0.2) is 0 Å². The molecular formula is C15H28N2O2. The largest absolute Gasteiger partial charge is 0.468 e. The van der Waals surface area contributed by atoms with Gasteiger partial charge in [0.05, 0.1) is 7.11 Å². The third kappa shape index (κ3) is 3.29. The molecule has 1 N–H and O–H groups in total. The van der Waals surface area contributed by atoms with Crippen molar-refractivity contribution in [3.05, 3.63) is 0 Å². The van der Waals surface area contributed by atoms with E-state index >= 15 is 0 Å². The van der Waals surface area contributed by atoms with Crippen LogP contribution < -0.4 is 5.32 Å². The highest BCUT2D eigenvalue weighted by molar-refractivity contribution is 5.80. The summed E-state index contributed by atoms with van der Waals surface area (Å²) in [5, 5.41) is 3.42. The first-order valence-corrected chi connectivity index (χ1v) is 7.73. The minimum absolute atomic E-state index is 0.0106. The molecule has 2 unspecified atom stereocenters. The van der Waals surface area contributed by atoms with E-state index in [1.54, 1.807) is 0 Å². The van der Waals surface area contributed by atoms with Gasteiger partial charge in [-0.3, -0.25) is 9.69 Å². The van der Waals surface area contributed by atoms with Crippen LogP contribution in [0.3, 0.4) is 0 Å². The molecule has 1 saturated carbocycles. The van der Waals surface area contributed by atoms with E-state index in [0.29, 0.717) is 0 Å². The molecule has 110 valence electrons. The zero-order valence-corrected chi connectivity index (χ0v) is 12.4. The maximum Gasteiger partial charge on any atom is 0.326 e. The molecule has 0 aromatic rings. The van der Waals surface area contributed by atoms with Crippen molar-refractivity contribution < 1.29 is 9.53 Å². The summed E-state index contributed by atoms with van der Waals surface area (Å²) in [6.07, 6.45) is 6.56. The predicted octanol–water partition coefficient (Wildman–Crippen LogP) is 1.79. The normalized spacial score (nSPS) is 34.3. The summed E-state index contributed by atoms with van der Waals surface area (Å²) in [6, 6.07) is 0. The first kappa shape index (κ1) is 14.8. The molecule has 0 spiro atoms. The van der Waals surface area contributed by atoms with Crippen molar-refractivity contribution in [2.45, 2.75) is 51.0 Å². The average Bonchev–Trinajstić information content (AvgIpc) is 2.79. The smallest absolute Gasteiger partial charge is 0.326 e. The van der Waals surface area contributed by atoms with E-state index in [4.69, 9.17) is 4.74 Å². The second-order valence-corrected chi connectivity index (χ2v) is 6.15. The van der Waals surface area contributed by atoms with Gasteiger partial charge in [0, 0.05) is 19.6 Å². The van der Waals surface area contributed by atoms with Gasteiger partial charge in [0.25, 0.3) is 0 Å². The summed E-state index contributed by atoms with van der Waals surface area (Å²) in [4.78, 5) is 14.9. The van der Waals surface area contributed by atoms with Crippen LogP contribution in [0, 0.1) is 5.92 Å². The Labute approximate surface area is 116 Å². The van der Waals surface area contributed by atoms with Gasteiger partial charge in [-0.1, -0.05) is 19.8 Å². The molecule has 1 aliphatic heterocycles. The van der Waals surface area contributed by atoms with Crippen molar-refractivity contribution in [1.82, 2.24) is 10.2 Å². The van der Waals surface area contributed by atoms with Crippen molar-refractivity contribution in [3.63, 3.8) is 0 Å². The summed E-state index contributed by atoms with van der Waals surface area (Å²) in [7, 11) is 1.54. The molecule has 0 aromatic heterocycles. The molecule has 4 heteroatoms. The molecule has 0 amide bonds. The second-order valence-electron chi connectivity index (χ2n) is 6.15. The van der Waals surface area contributed by atoms with Gasteiger partial charge in [-0.2, -0.15) is 0 Å². The number of nitrogens with one attached hydrogen (secondary N) is 1. The maximum atomic E-state index is 12.5. The van der Waals surface area contributed by atoms with Crippen LogP contribution >= 0.6 is 0 Å². The summed E-state index contributed by atoms with van der Waals surface area (Å²) in [6.45, 7) is 6.32. The molecule has 2 rings (SSSR count). The Morgan fingerprint density at radius 1 is 1.21 bits per heavy atom. The van der Waals surface area contributed by atoms with E-state index in [1.807, 2.05) is 0 Å². The maximum absolute atomic E-state index is 12.5. The minimum Gasteiger partial charge on any atom is -0.468 e. The molecule has 1 saturated heterocycles. The van der Waals surface area contributed by atoms with Gasteiger partial charge in [-0.25, -0.2) is 0 Å². The van der Waals surface area contributed by atoms with Gasteiger partial charge in [-0.05, 0) is 38.1 Å². The standard InChI is InChI=1S/C15H28N2O2/c1-13-5-3-7-15(8-6-13,14(18)19-2)17-11-4-9-16-10-12-17/h13,16H,3-12H2,1-2H3. The van der Waals surface area contributed by atoms with Crippen LogP contribution in [-0.2, 0) is 9.53 Å². The highest BCUT2D eigenvalue weighted by Gasteiger charge is 2.45. The number of hydrogen-bond acceptors (Lipinski definition) is 4. The number of rotatable bonds is 2.